The van der Waals surface area contributed by atoms with Gasteiger partial charge in [0.2, 0.25) is 11.8 Å². The van der Waals surface area contributed by atoms with Crippen molar-refractivity contribution < 1.29 is 19.5 Å². The summed E-state index contributed by atoms with van der Waals surface area (Å²) in [4.78, 5) is 41.1. The van der Waals surface area contributed by atoms with E-state index in [9.17, 15) is 19.5 Å². The second-order valence-corrected chi connectivity index (χ2v) is 12.5. The molecular formula is C36H41N3O4. The van der Waals surface area contributed by atoms with Gasteiger partial charge < -0.3 is 20.2 Å². The zero-order chi connectivity index (χ0) is 29.8. The number of amides is 2. The van der Waals surface area contributed by atoms with E-state index in [4.69, 9.17) is 0 Å². The molecule has 0 atom stereocenters. The predicted octanol–water partition coefficient (Wildman–Crippen LogP) is 6.37. The van der Waals surface area contributed by atoms with Gasteiger partial charge in [-0.05, 0) is 91.3 Å². The number of benzene rings is 3. The van der Waals surface area contributed by atoms with Gasteiger partial charge in [0.1, 0.15) is 0 Å². The molecule has 3 fully saturated rings. The van der Waals surface area contributed by atoms with Crippen molar-refractivity contribution in [1.82, 2.24) is 4.90 Å². The summed E-state index contributed by atoms with van der Waals surface area (Å²) in [7, 11) is 0. The number of nitrogens with one attached hydrogen (secondary N) is 1. The molecule has 2 N–H and O–H groups in total. The molecule has 3 aromatic carbocycles. The normalized spacial score (nSPS) is 17.0. The van der Waals surface area contributed by atoms with E-state index < -0.39 is 5.97 Å². The van der Waals surface area contributed by atoms with E-state index in [1.165, 1.54) is 5.56 Å². The molecule has 3 aromatic rings. The number of hydrogen-bond donors (Lipinski definition) is 2. The van der Waals surface area contributed by atoms with Crippen molar-refractivity contribution in [3.8, 4) is 11.1 Å². The second-order valence-electron chi connectivity index (χ2n) is 12.5. The molecule has 7 nitrogen and oxygen atoms in total. The monoisotopic (exact) mass is 579 g/mol. The topological polar surface area (TPSA) is 89.9 Å². The fourth-order valence-electron chi connectivity index (χ4n) is 6.15. The summed E-state index contributed by atoms with van der Waals surface area (Å²) in [6.45, 7) is 2.51. The van der Waals surface area contributed by atoms with Crippen molar-refractivity contribution in [1.29, 1.82) is 0 Å². The van der Waals surface area contributed by atoms with Gasteiger partial charge in [0.15, 0.2) is 0 Å². The van der Waals surface area contributed by atoms with Gasteiger partial charge in [0, 0.05) is 38.0 Å². The van der Waals surface area contributed by atoms with Crippen molar-refractivity contribution in [3.05, 3.63) is 83.9 Å². The van der Waals surface area contributed by atoms with Crippen LogP contribution in [0.5, 0.6) is 0 Å². The largest absolute Gasteiger partial charge is 0.481 e. The molecule has 1 aliphatic heterocycles. The lowest BCUT2D eigenvalue weighted by molar-refractivity contribution is -0.139. The van der Waals surface area contributed by atoms with E-state index in [-0.39, 0.29) is 36.6 Å². The Morgan fingerprint density at radius 2 is 1.49 bits per heavy atom. The van der Waals surface area contributed by atoms with Gasteiger partial charge in [-0.1, -0.05) is 54.6 Å². The van der Waals surface area contributed by atoms with Crippen LogP contribution in [0.1, 0.15) is 56.1 Å². The molecule has 6 rings (SSSR count). The van der Waals surface area contributed by atoms with Crippen LogP contribution in [0.15, 0.2) is 72.8 Å². The number of carbonyl (C=O) groups is 3. The Bertz CT molecular complexity index is 1460. The highest BCUT2D eigenvalue weighted by Gasteiger charge is 2.34. The van der Waals surface area contributed by atoms with Gasteiger partial charge >= 0.3 is 5.97 Å². The number of nitrogens with zero attached hydrogens (tertiary/aromatic N) is 2. The first-order chi connectivity index (χ1) is 20.9. The number of rotatable bonds is 12. The van der Waals surface area contributed by atoms with Crippen molar-refractivity contribution in [2.24, 2.45) is 17.8 Å². The molecule has 43 heavy (non-hydrogen) atoms. The molecule has 1 saturated heterocycles. The van der Waals surface area contributed by atoms with Gasteiger partial charge in [-0.2, -0.15) is 0 Å². The third-order valence-corrected chi connectivity index (χ3v) is 8.99. The number of carboxylic acid groups (broad SMARTS) is 1. The summed E-state index contributed by atoms with van der Waals surface area (Å²) >= 11 is 0. The quantitative estimate of drug-likeness (QED) is 0.260. The van der Waals surface area contributed by atoms with Gasteiger partial charge in [0.05, 0.1) is 17.8 Å². The molecule has 0 bridgehead atoms. The Hall–Kier alpha value is -4.13. The third-order valence-electron chi connectivity index (χ3n) is 8.99. The minimum atomic E-state index is -0.899. The molecule has 0 aromatic heterocycles. The molecule has 2 aliphatic carbocycles. The summed E-state index contributed by atoms with van der Waals surface area (Å²) in [5.74, 6) is 0.0471. The Kier molecular flexibility index (Phi) is 8.77. The molecule has 2 saturated carbocycles. The number of piperidine rings is 1. The van der Waals surface area contributed by atoms with Crippen molar-refractivity contribution in [2.75, 3.05) is 29.9 Å². The fourth-order valence-corrected chi connectivity index (χ4v) is 6.15. The maximum Gasteiger partial charge on any atom is 0.305 e. The Morgan fingerprint density at radius 1 is 0.791 bits per heavy atom. The zero-order valence-corrected chi connectivity index (χ0v) is 24.7. The SMILES string of the molecule is O=C(O)CCN(Cc1cccc(-c2ccc(N3CCC(Cc4ccccc4)CC3)c(NC(=O)C3CC3)c2)c1)C(=O)C1CC1. The summed E-state index contributed by atoms with van der Waals surface area (Å²) in [5.41, 5.74) is 6.29. The van der Waals surface area contributed by atoms with Crippen molar-refractivity contribution >= 4 is 29.2 Å². The van der Waals surface area contributed by atoms with Crippen LogP contribution in [-0.2, 0) is 27.3 Å². The maximum atomic E-state index is 12.9. The van der Waals surface area contributed by atoms with E-state index >= 15 is 0 Å². The molecule has 7 heteroatoms. The standard InChI is InChI=1S/C36H41N3O4/c40-34(41)17-20-39(36(43)29-11-12-29)24-27-7-4-8-30(22-27)31-13-14-33(32(23-31)37-35(42)28-9-10-28)38-18-15-26(16-19-38)21-25-5-2-1-3-6-25/h1-8,13-14,22-23,26,28-29H,9-12,15-21,24H2,(H,37,42)(H,40,41). The minimum Gasteiger partial charge on any atom is -0.481 e. The van der Waals surface area contributed by atoms with E-state index in [0.29, 0.717) is 12.5 Å². The molecule has 2 amide bonds. The van der Waals surface area contributed by atoms with Crippen molar-refractivity contribution in [2.45, 2.75) is 57.9 Å². The first-order valence-corrected chi connectivity index (χ1v) is 15.8. The number of hydrogen-bond acceptors (Lipinski definition) is 4. The number of carbonyl (C=O) groups excluding carboxylic acids is 2. The highest BCUT2D eigenvalue weighted by Crippen LogP contribution is 2.37. The summed E-state index contributed by atoms with van der Waals surface area (Å²) in [6, 6.07) is 25.1. The smallest absolute Gasteiger partial charge is 0.305 e. The molecule has 224 valence electrons. The number of anilines is 2. The minimum absolute atomic E-state index is 0.0329. The summed E-state index contributed by atoms with van der Waals surface area (Å²) in [6.07, 6.45) is 6.95. The number of aliphatic carboxylic acids is 1. The van der Waals surface area contributed by atoms with Crippen LogP contribution in [0.4, 0.5) is 11.4 Å². The average Bonchev–Trinajstić information content (AvgIpc) is 3.94. The van der Waals surface area contributed by atoms with E-state index in [2.05, 4.69) is 64.8 Å². The Morgan fingerprint density at radius 3 is 2.19 bits per heavy atom. The van der Waals surface area contributed by atoms with Crippen LogP contribution in [-0.4, -0.2) is 47.4 Å². The van der Waals surface area contributed by atoms with Crippen LogP contribution in [0.25, 0.3) is 11.1 Å². The van der Waals surface area contributed by atoms with Crippen LogP contribution < -0.4 is 10.2 Å². The lowest BCUT2D eigenvalue weighted by Crippen LogP contribution is -2.35. The lowest BCUT2D eigenvalue weighted by atomic mass is 9.90. The van der Waals surface area contributed by atoms with Gasteiger partial charge in [0.25, 0.3) is 0 Å². The van der Waals surface area contributed by atoms with Crippen LogP contribution in [0.3, 0.4) is 0 Å². The summed E-state index contributed by atoms with van der Waals surface area (Å²) in [5, 5.41) is 12.5. The first kappa shape index (κ1) is 29.0. The highest BCUT2D eigenvalue weighted by molar-refractivity contribution is 5.98. The van der Waals surface area contributed by atoms with E-state index in [0.717, 1.165) is 86.1 Å². The van der Waals surface area contributed by atoms with E-state index in [1.54, 1.807) is 4.90 Å². The zero-order valence-electron chi connectivity index (χ0n) is 24.7. The van der Waals surface area contributed by atoms with Crippen LogP contribution in [0.2, 0.25) is 0 Å². The fraction of sp³-hybridized carbons (Fsp3) is 0.417. The van der Waals surface area contributed by atoms with E-state index in [1.807, 2.05) is 18.2 Å². The molecule has 3 aliphatic rings. The van der Waals surface area contributed by atoms with Gasteiger partial charge in [-0.15, -0.1) is 0 Å². The molecule has 1 heterocycles. The van der Waals surface area contributed by atoms with Crippen LogP contribution in [0, 0.1) is 17.8 Å². The molecular weight excluding hydrogens is 538 g/mol. The Labute approximate surface area is 253 Å². The predicted molar refractivity (Wildman–Crippen MR) is 169 cm³/mol. The lowest BCUT2D eigenvalue weighted by Gasteiger charge is -2.35. The number of carboxylic acids is 1. The Balaban J connectivity index is 1.19. The second kappa shape index (κ2) is 13.0. The molecule has 0 radical (unpaired) electrons. The van der Waals surface area contributed by atoms with Crippen molar-refractivity contribution in [3.63, 3.8) is 0 Å². The molecule has 0 spiro atoms. The maximum absolute atomic E-state index is 12.9. The molecule has 0 unspecified atom stereocenters. The summed E-state index contributed by atoms with van der Waals surface area (Å²) < 4.78 is 0. The highest BCUT2D eigenvalue weighted by atomic mass is 16.4. The first-order valence-electron chi connectivity index (χ1n) is 15.8. The van der Waals surface area contributed by atoms with Gasteiger partial charge in [-0.25, -0.2) is 0 Å². The van der Waals surface area contributed by atoms with Crippen LogP contribution >= 0.6 is 0 Å². The average molecular weight is 580 g/mol. The third kappa shape index (κ3) is 7.64. The van der Waals surface area contributed by atoms with Gasteiger partial charge in [-0.3, -0.25) is 14.4 Å².